The van der Waals surface area contributed by atoms with Crippen molar-refractivity contribution < 1.29 is 0 Å². The zero-order valence-electron chi connectivity index (χ0n) is 14.1. The fraction of sp³-hybridized carbons (Fsp3) is 1.00. The van der Waals surface area contributed by atoms with Crippen LogP contribution in [-0.2, 0) is 0 Å². The van der Waals surface area contributed by atoms with Crippen LogP contribution in [0.3, 0.4) is 0 Å². The van der Waals surface area contributed by atoms with Crippen molar-refractivity contribution in [2.24, 2.45) is 40.4 Å². The predicted octanol–water partition coefficient (Wildman–Crippen LogP) is 0.689. The van der Waals surface area contributed by atoms with Gasteiger partial charge in [0.15, 0.2) is 0 Å². The molecule has 6 unspecified atom stereocenters. The lowest BCUT2D eigenvalue weighted by Gasteiger charge is -2.47. The number of nitrogens with one attached hydrogen (secondary N) is 2. The summed E-state index contributed by atoms with van der Waals surface area (Å²) in [6.07, 6.45) is 9.03. The monoisotopic (exact) mass is 309 g/mol. The van der Waals surface area contributed by atoms with E-state index in [1.54, 1.807) is 0 Å². The first-order valence-electron chi connectivity index (χ1n) is 9.29. The Morgan fingerprint density at radius 3 is 2.64 bits per heavy atom. The van der Waals surface area contributed by atoms with Crippen LogP contribution in [0.2, 0.25) is 0 Å². The number of hydrogen-bond donors (Lipinski definition) is 5. The highest BCUT2D eigenvalue weighted by atomic mass is 15.2. The van der Waals surface area contributed by atoms with E-state index in [1.165, 1.54) is 38.5 Å². The quantitative estimate of drug-likeness (QED) is 0.514. The van der Waals surface area contributed by atoms with Gasteiger partial charge in [-0.1, -0.05) is 13.3 Å². The second-order valence-corrected chi connectivity index (χ2v) is 7.98. The van der Waals surface area contributed by atoms with Crippen molar-refractivity contribution in [2.75, 3.05) is 13.2 Å². The maximum atomic E-state index is 6.41. The van der Waals surface area contributed by atoms with E-state index < -0.39 is 0 Å². The van der Waals surface area contributed by atoms with Crippen molar-refractivity contribution in [1.29, 1.82) is 0 Å². The Morgan fingerprint density at radius 2 is 2.00 bits per heavy atom. The minimum atomic E-state index is 0.0194. The molecule has 5 nitrogen and oxygen atoms in total. The van der Waals surface area contributed by atoms with E-state index >= 15 is 0 Å². The Morgan fingerprint density at radius 1 is 1.23 bits per heavy atom. The highest BCUT2D eigenvalue weighted by Crippen LogP contribution is 2.56. The molecule has 0 aromatic heterocycles. The van der Waals surface area contributed by atoms with E-state index in [2.05, 4.69) is 17.6 Å². The van der Waals surface area contributed by atoms with Crippen LogP contribution in [0.4, 0.5) is 0 Å². The molecule has 0 aromatic carbocycles. The molecule has 5 heteroatoms. The standard InChI is InChI=1S/C17H35N5/c1-2-13(19)14-15(21-10-22-16(14)20)11-4-3-5-12(8-11)17(9-18)6-7-17/h11-16,21-22H,2-10,18-20H2,1H3. The molecule has 128 valence electrons. The molecule has 0 bridgehead atoms. The third-order valence-electron chi connectivity index (χ3n) is 6.86. The maximum Gasteiger partial charge on any atom is 0.0615 e. The second kappa shape index (κ2) is 6.73. The van der Waals surface area contributed by atoms with E-state index in [4.69, 9.17) is 17.2 Å². The summed E-state index contributed by atoms with van der Waals surface area (Å²) < 4.78 is 0. The first-order valence-corrected chi connectivity index (χ1v) is 9.29. The molecule has 3 aliphatic rings. The molecule has 0 aromatic rings. The van der Waals surface area contributed by atoms with Gasteiger partial charge in [-0.2, -0.15) is 0 Å². The molecule has 1 aliphatic heterocycles. The Kier molecular flexibility index (Phi) is 5.10. The summed E-state index contributed by atoms with van der Waals surface area (Å²) in [5.41, 5.74) is 19.3. The number of rotatable bonds is 5. The Bertz CT molecular complexity index is 366. The molecular weight excluding hydrogens is 274 g/mol. The molecule has 6 atom stereocenters. The van der Waals surface area contributed by atoms with Gasteiger partial charge in [-0.05, 0) is 62.3 Å². The van der Waals surface area contributed by atoms with E-state index in [1.807, 2.05) is 0 Å². The lowest BCUT2D eigenvalue weighted by Crippen LogP contribution is -2.67. The summed E-state index contributed by atoms with van der Waals surface area (Å²) in [6.45, 7) is 3.85. The van der Waals surface area contributed by atoms with Crippen LogP contribution in [0.25, 0.3) is 0 Å². The van der Waals surface area contributed by atoms with Crippen LogP contribution >= 0.6 is 0 Å². The molecule has 2 saturated carbocycles. The van der Waals surface area contributed by atoms with Gasteiger partial charge < -0.3 is 22.5 Å². The Labute approximate surface area is 135 Å². The third-order valence-corrected chi connectivity index (χ3v) is 6.86. The van der Waals surface area contributed by atoms with Gasteiger partial charge in [0.25, 0.3) is 0 Å². The van der Waals surface area contributed by atoms with E-state index in [-0.39, 0.29) is 12.2 Å². The number of nitrogens with two attached hydrogens (primary N) is 3. The summed E-state index contributed by atoms with van der Waals surface area (Å²) >= 11 is 0. The first-order chi connectivity index (χ1) is 10.6. The van der Waals surface area contributed by atoms with E-state index in [9.17, 15) is 0 Å². The lowest BCUT2D eigenvalue weighted by molar-refractivity contribution is 0.0819. The summed E-state index contributed by atoms with van der Waals surface area (Å²) in [5, 5.41) is 7.04. The SMILES string of the molecule is CCC(N)C1C(N)NCNC1C1CCCC(C2(CN)CC2)C1. The third kappa shape index (κ3) is 3.06. The predicted molar refractivity (Wildman–Crippen MR) is 90.8 cm³/mol. The van der Waals surface area contributed by atoms with Crippen molar-refractivity contribution in [3.8, 4) is 0 Å². The fourth-order valence-corrected chi connectivity index (χ4v) is 5.13. The zero-order valence-corrected chi connectivity index (χ0v) is 14.1. The molecule has 3 fully saturated rings. The summed E-state index contributed by atoms with van der Waals surface area (Å²) in [6, 6.07) is 0.632. The summed E-state index contributed by atoms with van der Waals surface area (Å²) in [4.78, 5) is 0. The van der Waals surface area contributed by atoms with Crippen LogP contribution in [-0.4, -0.2) is 31.5 Å². The molecule has 0 radical (unpaired) electrons. The average Bonchev–Trinajstić information content (AvgIpc) is 3.35. The summed E-state index contributed by atoms with van der Waals surface area (Å²) in [5.74, 6) is 1.86. The number of hydrogen-bond acceptors (Lipinski definition) is 5. The largest absolute Gasteiger partial charge is 0.330 e. The molecule has 0 spiro atoms. The minimum absolute atomic E-state index is 0.0194. The maximum absolute atomic E-state index is 6.41. The van der Waals surface area contributed by atoms with E-state index in [0.29, 0.717) is 23.3 Å². The van der Waals surface area contributed by atoms with Gasteiger partial charge in [-0.25, -0.2) is 0 Å². The summed E-state index contributed by atoms with van der Waals surface area (Å²) in [7, 11) is 0. The molecule has 1 saturated heterocycles. The molecule has 22 heavy (non-hydrogen) atoms. The van der Waals surface area contributed by atoms with Gasteiger partial charge in [0.1, 0.15) is 0 Å². The molecule has 2 aliphatic carbocycles. The van der Waals surface area contributed by atoms with Crippen molar-refractivity contribution in [3.63, 3.8) is 0 Å². The van der Waals surface area contributed by atoms with Crippen molar-refractivity contribution >= 4 is 0 Å². The van der Waals surface area contributed by atoms with Gasteiger partial charge in [-0.15, -0.1) is 0 Å². The van der Waals surface area contributed by atoms with Crippen LogP contribution in [0.15, 0.2) is 0 Å². The molecule has 1 heterocycles. The van der Waals surface area contributed by atoms with Crippen LogP contribution in [0.5, 0.6) is 0 Å². The Hall–Kier alpha value is -0.200. The first kappa shape index (κ1) is 16.7. The smallest absolute Gasteiger partial charge is 0.0615 e. The van der Waals surface area contributed by atoms with Crippen molar-refractivity contribution in [2.45, 2.75) is 70.1 Å². The molecular formula is C17H35N5. The lowest BCUT2D eigenvalue weighted by atomic mass is 9.67. The normalized spacial score (nSPS) is 42.8. The van der Waals surface area contributed by atoms with Gasteiger partial charge >= 0.3 is 0 Å². The van der Waals surface area contributed by atoms with Gasteiger partial charge in [0.05, 0.1) is 6.17 Å². The highest BCUT2D eigenvalue weighted by molar-refractivity contribution is 5.03. The molecule has 8 N–H and O–H groups in total. The van der Waals surface area contributed by atoms with E-state index in [0.717, 1.165) is 25.6 Å². The topological polar surface area (TPSA) is 102 Å². The zero-order chi connectivity index (χ0) is 15.7. The van der Waals surface area contributed by atoms with Crippen molar-refractivity contribution in [1.82, 2.24) is 10.6 Å². The van der Waals surface area contributed by atoms with Crippen LogP contribution in [0.1, 0.15) is 51.9 Å². The minimum Gasteiger partial charge on any atom is -0.330 e. The highest BCUT2D eigenvalue weighted by Gasteiger charge is 2.50. The van der Waals surface area contributed by atoms with Gasteiger partial charge in [-0.3, -0.25) is 5.32 Å². The second-order valence-electron chi connectivity index (χ2n) is 7.98. The molecule has 3 rings (SSSR count). The van der Waals surface area contributed by atoms with Gasteiger partial charge in [0, 0.05) is 24.7 Å². The molecule has 0 amide bonds. The van der Waals surface area contributed by atoms with Crippen molar-refractivity contribution in [3.05, 3.63) is 0 Å². The van der Waals surface area contributed by atoms with Gasteiger partial charge in [0.2, 0.25) is 0 Å². The average molecular weight is 310 g/mol. The Balaban J connectivity index is 1.70. The fourth-order valence-electron chi connectivity index (χ4n) is 5.13. The van der Waals surface area contributed by atoms with Crippen LogP contribution in [0, 0.1) is 23.2 Å². The van der Waals surface area contributed by atoms with Crippen LogP contribution < -0.4 is 27.8 Å².